The minimum atomic E-state index is -4.79. The smallest absolute Gasteiger partial charge is 0.406 e. The first-order chi connectivity index (χ1) is 21.4. The molecule has 0 atom stereocenters. The monoisotopic (exact) mass is 637 g/mol. The zero-order valence-electron chi connectivity index (χ0n) is 24.8. The fourth-order valence-corrected chi connectivity index (χ4v) is 5.42. The Kier molecular flexibility index (Phi) is 9.14. The highest BCUT2D eigenvalue weighted by molar-refractivity contribution is 8.15. The van der Waals surface area contributed by atoms with Crippen LogP contribution in [0.5, 0.6) is 5.75 Å². The average molecular weight is 638 g/mol. The van der Waals surface area contributed by atoms with E-state index >= 15 is 0 Å². The van der Waals surface area contributed by atoms with Gasteiger partial charge in [-0.1, -0.05) is 43.8 Å². The van der Waals surface area contributed by atoms with E-state index in [1.807, 2.05) is 52.0 Å². The number of rotatable bonds is 8. The number of amidine groups is 1. The lowest BCUT2D eigenvalue weighted by atomic mass is 10.0. The van der Waals surface area contributed by atoms with Crippen LogP contribution in [0.1, 0.15) is 39.2 Å². The van der Waals surface area contributed by atoms with E-state index in [1.165, 1.54) is 45.6 Å². The van der Waals surface area contributed by atoms with Gasteiger partial charge >= 0.3 is 12.4 Å². The number of benzene rings is 3. The molecule has 10 nitrogen and oxygen atoms in total. The number of hydrogen-bond donors (Lipinski definition) is 2. The van der Waals surface area contributed by atoms with Crippen molar-refractivity contribution in [2.24, 2.45) is 4.99 Å². The highest BCUT2D eigenvalue weighted by Gasteiger charge is 2.32. The molecule has 2 N–H and O–H groups in total. The Labute approximate surface area is 261 Å². The number of para-hydroxylation sites is 1. The van der Waals surface area contributed by atoms with Crippen LogP contribution in [0.3, 0.4) is 0 Å². The largest absolute Gasteiger partial charge is 0.573 e. The van der Waals surface area contributed by atoms with E-state index in [1.54, 1.807) is 24.3 Å². The Morgan fingerprint density at radius 3 is 2.33 bits per heavy atom. The number of alkyl halides is 3. The summed E-state index contributed by atoms with van der Waals surface area (Å²) in [7, 11) is 0. The van der Waals surface area contributed by atoms with Crippen molar-refractivity contribution in [3.8, 4) is 22.8 Å². The van der Waals surface area contributed by atoms with E-state index in [4.69, 9.17) is 0 Å². The molecule has 4 aromatic rings. The number of anilines is 3. The molecule has 3 aromatic carbocycles. The molecule has 5 rings (SSSR count). The van der Waals surface area contributed by atoms with Crippen LogP contribution in [0.2, 0.25) is 0 Å². The predicted octanol–water partition coefficient (Wildman–Crippen LogP) is 7.44. The van der Waals surface area contributed by atoms with Gasteiger partial charge in [-0.25, -0.2) is 4.79 Å². The maximum Gasteiger partial charge on any atom is 0.573 e. The number of thioether (sulfide) groups is 1. The lowest BCUT2D eigenvalue weighted by molar-refractivity contribution is -0.274. The molecule has 0 spiro atoms. The Balaban J connectivity index is 1.33. The molecule has 1 aromatic heterocycles. The highest BCUT2D eigenvalue weighted by Crippen LogP contribution is 2.33. The van der Waals surface area contributed by atoms with Gasteiger partial charge in [-0.15, -0.1) is 18.3 Å². The minimum absolute atomic E-state index is 0.00375. The SMILES string of the molecule is CC(C)Nc1nc(-c2ccc(NC(=O)N=C3SCC(=O)N3c3ccccc3C(C)C)cc2)nn1-c1ccc(OC(F)(F)F)cc1. The lowest BCUT2D eigenvalue weighted by Gasteiger charge is -2.21. The maximum absolute atomic E-state index is 12.9. The Morgan fingerprint density at radius 2 is 1.69 bits per heavy atom. The maximum atomic E-state index is 12.9. The number of amides is 3. The van der Waals surface area contributed by atoms with E-state index < -0.39 is 12.4 Å². The van der Waals surface area contributed by atoms with Gasteiger partial charge in [0.05, 0.1) is 17.1 Å². The first-order valence-corrected chi connectivity index (χ1v) is 15.0. The molecule has 45 heavy (non-hydrogen) atoms. The van der Waals surface area contributed by atoms with Crippen LogP contribution >= 0.6 is 11.8 Å². The topological polar surface area (TPSA) is 114 Å². The first-order valence-electron chi connectivity index (χ1n) is 14.0. The Hall–Kier alpha value is -4.85. The van der Waals surface area contributed by atoms with Crippen LogP contribution in [0.25, 0.3) is 17.1 Å². The fraction of sp³-hybridized carbons (Fsp3) is 0.258. The molecular formula is C31H30F3N7O3S. The second-order valence-corrected chi connectivity index (χ2v) is 11.6. The average Bonchev–Trinajstić information content (AvgIpc) is 3.55. The predicted molar refractivity (Wildman–Crippen MR) is 169 cm³/mol. The van der Waals surface area contributed by atoms with Crippen molar-refractivity contribution in [1.29, 1.82) is 0 Å². The summed E-state index contributed by atoms with van der Waals surface area (Å²) >= 11 is 1.21. The standard InChI is InChI=1S/C31H30F3N7O3S/c1-18(2)24-7-5-6-8-25(24)40-26(42)17-45-30(40)38-29(43)36-21-11-9-20(10-12-21)27-37-28(35-19(3)4)41(39-27)22-13-15-23(16-14-22)44-31(32,33)34/h5-16,18-19H,17H2,1-4H3,(H,36,43)(H,35,37,39). The van der Waals surface area contributed by atoms with E-state index in [9.17, 15) is 22.8 Å². The molecular weight excluding hydrogens is 607 g/mol. The fourth-order valence-electron chi connectivity index (χ4n) is 4.56. The summed E-state index contributed by atoms with van der Waals surface area (Å²) in [5.41, 5.74) is 3.27. The van der Waals surface area contributed by atoms with Crippen LogP contribution in [0.4, 0.5) is 35.3 Å². The second kappa shape index (κ2) is 13.0. The summed E-state index contributed by atoms with van der Waals surface area (Å²) in [6.07, 6.45) is -4.79. The summed E-state index contributed by atoms with van der Waals surface area (Å²) in [6, 6.07) is 19.0. The zero-order chi connectivity index (χ0) is 32.3. The molecule has 0 unspecified atom stereocenters. The molecule has 1 fully saturated rings. The number of carbonyl (C=O) groups excluding carboxylic acids is 2. The van der Waals surface area contributed by atoms with Gasteiger partial charge in [0, 0.05) is 17.3 Å². The zero-order valence-corrected chi connectivity index (χ0v) is 25.6. The number of hydrogen-bond acceptors (Lipinski definition) is 7. The molecule has 0 saturated carbocycles. The van der Waals surface area contributed by atoms with E-state index in [2.05, 4.69) is 30.4 Å². The summed E-state index contributed by atoms with van der Waals surface area (Å²) in [6.45, 7) is 7.91. The molecule has 0 radical (unpaired) electrons. The molecule has 234 valence electrons. The highest BCUT2D eigenvalue weighted by atomic mass is 32.2. The van der Waals surface area contributed by atoms with Crippen molar-refractivity contribution in [1.82, 2.24) is 14.8 Å². The van der Waals surface area contributed by atoms with Crippen molar-refractivity contribution < 1.29 is 27.5 Å². The summed E-state index contributed by atoms with van der Waals surface area (Å²) in [5.74, 6) is 0.611. The molecule has 2 heterocycles. The third kappa shape index (κ3) is 7.63. The van der Waals surface area contributed by atoms with Crippen LogP contribution in [0.15, 0.2) is 77.8 Å². The van der Waals surface area contributed by atoms with Gasteiger partial charge in [-0.3, -0.25) is 9.69 Å². The van der Waals surface area contributed by atoms with Gasteiger partial charge in [0.25, 0.3) is 0 Å². The number of nitrogens with zero attached hydrogens (tertiary/aromatic N) is 5. The second-order valence-electron chi connectivity index (χ2n) is 10.6. The third-order valence-electron chi connectivity index (χ3n) is 6.50. The molecule has 0 aliphatic carbocycles. The van der Waals surface area contributed by atoms with Crippen molar-refractivity contribution in [2.75, 3.05) is 21.3 Å². The van der Waals surface area contributed by atoms with Gasteiger partial charge in [-0.05, 0) is 79.9 Å². The lowest BCUT2D eigenvalue weighted by Crippen LogP contribution is -2.31. The van der Waals surface area contributed by atoms with Crippen molar-refractivity contribution in [3.63, 3.8) is 0 Å². The molecule has 1 saturated heterocycles. The number of nitrogens with one attached hydrogen (secondary N) is 2. The van der Waals surface area contributed by atoms with Crippen LogP contribution in [0, 0.1) is 0 Å². The summed E-state index contributed by atoms with van der Waals surface area (Å²) < 4.78 is 43.2. The molecule has 1 aliphatic rings. The summed E-state index contributed by atoms with van der Waals surface area (Å²) in [4.78, 5) is 35.9. The van der Waals surface area contributed by atoms with Crippen LogP contribution < -0.4 is 20.3 Å². The van der Waals surface area contributed by atoms with Crippen LogP contribution in [-0.2, 0) is 4.79 Å². The first kappa shape index (κ1) is 31.6. The quantitative estimate of drug-likeness (QED) is 0.206. The number of carbonyl (C=O) groups is 2. The third-order valence-corrected chi connectivity index (χ3v) is 7.42. The van der Waals surface area contributed by atoms with Gasteiger partial charge in [0.15, 0.2) is 11.0 Å². The molecule has 3 amide bonds. The van der Waals surface area contributed by atoms with Crippen molar-refractivity contribution in [3.05, 3.63) is 78.4 Å². The number of urea groups is 1. The van der Waals surface area contributed by atoms with Gasteiger partial charge < -0.3 is 15.4 Å². The summed E-state index contributed by atoms with van der Waals surface area (Å²) in [5, 5.41) is 10.8. The van der Waals surface area contributed by atoms with E-state index in [-0.39, 0.29) is 29.4 Å². The number of aliphatic imine (C=N–C) groups is 1. The van der Waals surface area contributed by atoms with Crippen LogP contribution in [-0.4, -0.2) is 50.0 Å². The molecule has 1 aliphatic heterocycles. The molecule has 0 bridgehead atoms. The number of halogens is 3. The van der Waals surface area contributed by atoms with Crippen molar-refractivity contribution in [2.45, 2.75) is 46.0 Å². The van der Waals surface area contributed by atoms with E-state index in [0.717, 1.165) is 5.56 Å². The van der Waals surface area contributed by atoms with E-state index in [0.29, 0.717) is 39.6 Å². The molecule has 14 heteroatoms. The Morgan fingerprint density at radius 1 is 1.00 bits per heavy atom. The number of ether oxygens (including phenoxy) is 1. The van der Waals surface area contributed by atoms with Gasteiger partial charge in [0.2, 0.25) is 11.9 Å². The Bertz CT molecular complexity index is 1720. The van der Waals surface area contributed by atoms with Crippen molar-refractivity contribution >= 4 is 46.2 Å². The number of aromatic nitrogens is 3. The van der Waals surface area contributed by atoms with Gasteiger partial charge in [0.1, 0.15) is 5.75 Å². The van der Waals surface area contributed by atoms with Gasteiger partial charge in [-0.2, -0.15) is 14.7 Å². The minimum Gasteiger partial charge on any atom is -0.406 e. The normalized spacial score (nSPS) is 14.5.